The molecule has 1 aliphatic heterocycles. The van der Waals surface area contributed by atoms with Gasteiger partial charge in [0, 0.05) is 35.3 Å². The molecule has 1 aromatic carbocycles. The lowest BCUT2D eigenvalue weighted by Crippen LogP contribution is -2.38. The Morgan fingerprint density at radius 2 is 2.10 bits per heavy atom. The lowest BCUT2D eigenvalue weighted by Gasteiger charge is -2.28. The lowest BCUT2D eigenvalue weighted by molar-refractivity contribution is 0.284. The number of benzene rings is 1. The monoisotopic (exact) mass is 280 g/mol. The van der Waals surface area contributed by atoms with Crippen molar-refractivity contribution in [2.45, 2.75) is 30.7 Å². The van der Waals surface area contributed by atoms with Gasteiger partial charge in [-0.25, -0.2) is 0 Å². The molecule has 0 saturated heterocycles. The first-order valence-electron chi connectivity index (χ1n) is 7.71. The van der Waals surface area contributed by atoms with Crippen LogP contribution in [0.15, 0.2) is 42.6 Å². The summed E-state index contributed by atoms with van der Waals surface area (Å²) in [5, 5.41) is 3.55. The first-order valence-corrected chi connectivity index (χ1v) is 7.71. The number of rotatable bonds is 3. The van der Waals surface area contributed by atoms with E-state index in [9.17, 15) is 0 Å². The van der Waals surface area contributed by atoms with Gasteiger partial charge in [-0.15, -0.1) is 0 Å². The molecule has 0 bridgehead atoms. The molecule has 2 aromatic rings. The first-order chi connectivity index (χ1) is 10.4. The second-order valence-electron chi connectivity index (χ2n) is 5.96. The first kappa shape index (κ1) is 12.8. The summed E-state index contributed by atoms with van der Waals surface area (Å²) in [6.45, 7) is 0.767. The Bertz CT molecular complexity index is 600. The Balaban J connectivity index is 1.68. The van der Waals surface area contributed by atoms with Gasteiger partial charge in [-0.1, -0.05) is 24.3 Å². The van der Waals surface area contributed by atoms with E-state index in [0.717, 1.165) is 18.8 Å². The number of nitrogens with zero attached hydrogens (tertiary/aromatic N) is 1. The molecule has 3 heteroatoms. The molecule has 1 aromatic heterocycles. The van der Waals surface area contributed by atoms with Crippen molar-refractivity contribution in [1.82, 2.24) is 10.3 Å². The quantitative estimate of drug-likeness (QED) is 0.938. The van der Waals surface area contributed by atoms with E-state index in [2.05, 4.69) is 41.6 Å². The molecule has 21 heavy (non-hydrogen) atoms. The van der Waals surface area contributed by atoms with Crippen LogP contribution in [0.4, 0.5) is 0 Å². The topological polar surface area (TPSA) is 34.1 Å². The Morgan fingerprint density at radius 3 is 3.00 bits per heavy atom. The van der Waals surface area contributed by atoms with Crippen molar-refractivity contribution in [3.05, 3.63) is 59.4 Å². The maximum absolute atomic E-state index is 5.88. The minimum Gasteiger partial charge on any atom is -0.493 e. The van der Waals surface area contributed by atoms with E-state index in [0.29, 0.717) is 17.9 Å². The van der Waals surface area contributed by atoms with Crippen LogP contribution >= 0.6 is 0 Å². The number of nitrogens with one attached hydrogen (secondary N) is 1. The Kier molecular flexibility index (Phi) is 3.15. The number of likely N-dealkylation sites (N-methyl/N-ethyl adjacent to an activating group) is 1. The molecule has 0 saturated carbocycles. The second kappa shape index (κ2) is 5.15. The smallest absolute Gasteiger partial charge is 0.122 e. The third kappa shape index (κ3) is 2.04. The Morgan fingerprint density at radius 1 is 1.19 bits per heavy atom. The Labute approximate surface area is 125 Å². The molecule has 4 rings (SSSR count). The molecular weight excluding hydrogens is 260 g/mol. The van der Waals surface area contributed by atoms with Crippen molar-refractivity contribution in [2.75, 3.05) is 13.7 Å². The Hall–Kier alpha value is -1.87. The lowest BCUT2D eigenvalue weighted by atomic mass is 9.83. The van der Waals surface area contributed by atoms with Crippen molar-refractivity contribution in [2.24, 2.45) is 0 Å². The molecule has 0 fully saturated rings. The maximum atomic E-state index is 5.88. The summed E-state index contributed by atoms with van der Waals surface area (Å²) in [5.41, 5.74) is 4.03. The van der Waals surface area contributed by atoms with Crippen LogP contribution in [0.2, 0.25) is 0 Å². The standard InChI is InChI=1S/C18H20N2O/c1-19-18(14-9-8-12-5-4-10-20-17(12)14)15-11-21-16-7-3-2-6-13(15)16/h2-7,10,14-15,18-19H,8-9,11H2,1H3. The van der Waals surface area contributed by atoms with Crippen LogP contribution in [0.25, 0.3) is 0 Å². The summed E-state index contributed by atoms with van der Waals surface area (Å²) in [5.74, 6) is 1.93. The molecule has 0 spiro atoms. The molecule has 3 atom stereocenters. The van der Waals surface area contributed by atoms with Gasteiger partial charge in [0.25, 0.3) is 0 Å². The summed E-state index contributed by atoms with van der Waals surface area (Å²) in [4.78, 5) is 4.66. The van der Waals surface area contributed by atoms with Crippen molar-refractivity contribution < 1.29 is 4.74 Å². The zero-order valence-electron chi connectivity index (χ0n) is 12.3. The fourth-order valence-corrected chi connectivity index (χ4v) is 3.96. The number of pyridine rings is 1. The van der Waals surface area contributed by atoms with Crippen LogP contribution in [-0.4, -0.2) is 24.7 Å². The zero-order valence-corrected chi connectivity index (χ0v) is 12.3. The fraction of sp³-hybridized carbons (Fsp3) is 0.389. The highest BCUT2D eigenvalue weighted by atomic mass is 16.5. The summed E-state index contributed by atoms with van der Waals surface area (Å²) < 4.78 is 5.88. The maximum Gasteiger partial charge on any atom is 0.122 e. The third-order valence-corrected chi connectivity index (χ3v) is 4.94. The van der Waals surface area contributed by atoms with Crippen molar-refractivity contribution in [3.8, 4) is 5.75 Å². The highest BCUT2D eigenvalue weighted by Crippen LogP contribution is 2.43. The molecule has 2 aliphatic rings. The van der Waals surface area contributed by atoms with Gasteiger partial charge in [-0.05, 0) is 37.6 Å². The number of fused-ring (bicyclic) bond motifs is 2. The van der Waals surface area contributed by atoms with Gasteiger partial charge < -0.3 is 10.1 Å². The number of para-hydroxylation sites is 1. The molecule has 1 N–H and O–H groups in total. The molecular formula is C18H20N2O. The van der Waals surface area contributed by atoms with E-state index in [1.807, 2.05) is 18.3 Å². The van der Waals surface area contributed by atoms with E-state index < -0.39 is 0 Å². The predicted octanol–water partition coefficient (Wildman–Crippen LogP) is 2.88. The second-order valence-corrected chi connectivity index (χ2v) is 5.96. The number of aromatic nitrogens is 1. The number of aryl methyl sites for hydroxylation is 1. The van der Waals surface area contributed by atoms with Crippen LogP contribution < -0.4 is 10.1 Å². The minimum atomic E-state index is 0.379. The summed E-state index contributed by atoms with van der Waals surface area (Å²) in [6, 6.07) is 13.1. The van der Waals surface area contributed by atoms with E-state index in [4.69, 9.17) is 4.74 Å². The van der Waals surface area contributed by atoms with Crippen LogP contribution in [-0.2, 0) is 6.42 Å². The van der Waals surface area contributed by atoms with Crippen LogP contribution in [0.5, 0.6) is 5.75 Å². The van der Waals surface area contributed by atoms with Crippen LogP contribution in [0.1, 0.15) is 35.1 Å². The van der Waals surface area contributed by atoms with E-state index in [-0.39, 0.29) is 0 Å². The summed E-state index contributed by atoms with van der Waals surface area (Å²) in [6.07, 6.45) is 4.24. The number of hydrogen-bond acceptors (Lipinski definition) is 3. The molecule has 2 heterocycles. The van der Waals surface area contributed by atoms with Crippen molar-refractivity contribution >= 4 is 0 Å². The average molecular weight is 280 g/mol. The molecule has 3 nitrogen and oxygen atoms in total. The number of ether oxygens (including phenoxy) is 1. The molecule has 1 aliphatic carbocycles. The highest BCUT2D eigenvalue weighted by Gasteiger charge is 2.38. The van der Waals surface area contributed by atoms with Crippen LogP contribution in [0.3, 0.4) is 0 Å². The normalized spacial score (nSPS) is 24.2. The van der Waals surface area contributed by atoms with E-state index in [1.54, 1.807) is 0 Å². The fourth-order valence-electron chi connectivity index (χ4n) is 3.96. The molecule has 108 valence electrons. The van der Waals surface area contributed by atoms with E-state index in [1.165, 1.54) is 23.2 Å². The van der Waals surface area contributed by atoms with Gasteiger partial charge in [0.2, 0.25) is 0 Å². The zero-order chi connectivity index (χ0) is 14.2. The van der Waals surface area contributed by atoms with Crippen molar-refractivity contribution in [1.29, 1.82) is 0 Å². The highest BCUT2D eigenvalue weighted by molar-refractivity contribution is 5.42. The minimum absolute atomic E-state index is 0.379. The van der Waals surface area contributed by atoms with E-state index >= 15 is 0 Å². The van der Waals surface area contributed by atoms with Crippen molar-refractivity contribution in [3.63, 3.8) is 0 Å². The average Bonchev–Trinajstić information content (AvgIpc) is 3.14. The van der Waals surface area contributed by atoms with Gasteiger partial charge in [0.15, 0.2) is 0 Å². The summed E-state index contributed by atoms with van der Waals surface area (Å²) >= 11 is 0. The predicted molar refractivity (Wildman–Crippen MR) is 82.8 cm³/mol. The molecule has 0 radical (unpaired) electrons. The van der Waals surface area contributed by atoms with Gasteiger partial charge >= 0.3 is 0 Å². The molecule has 0 amide bonds. The van der Waals surface area contributed by atoms with Gasteiger partial charge in [0.1, 0.15) is 5.75 Å². The number of hydrogen-bond donors (Lipinski definition) is 1. The molecule has 3 unspecified atom stereocenters. The van der Waals surface area contributed by atoms with Gasteiger partial charge in [-0.3, -0.25) is 4.98 Å². The van der Waals surface area contributed by atoms with Crippen LogP contribution in [0, 0.1) is 0 Å². The summed E-state index contributed by atoms with van der Waals surface area (Å²) in [7, 11) is 2.06. The SMILES string of the molecule is CNC(C1COc2ccccc21)C1CCc2cccnc21. The largest absolute Gasteiger partial charge is 0.493 e. The van der Waals surface area contributed by atoms with Gasteiger partial charge in [-0.2, -0.15) is 0 Å². The van der Waals surface area contributed by atoms with Gasteiger partial charge in [0.05, 0.1) is 6.61 Å². The third-order valence-electron chi connectivity index (χ3n) is 4.94.